The van der Waals surface area contributed by atoms with E-state index in [4.69, 9.17) is 0 Å². The third-order valence-electron chi connectivity index (χ3n) is 4.41. The molecule has 5 heteroatoms. The van der Waals surface area contributed by atoms with Gasteiger partial charge in [-0.05, 0) is 62.1 Å². The first kappa shape index (κ1) is 21.7. The molecule has 2 heterocycles. The first-order valence-corrected chi connectivity index (χ1v) is 9.64. The lowest BCUT2D eigenvalue weighted by Gasteiger charge is -2.11. The van der Waals surface area contributed by atoms with Crippen LogP contribution in [0.5, 0.6) is 0 Å². The van der Waals surface area contributed by atoms with Gasteiger partial charge in [0.15, 0.2) is 10.9 Å². The predicted octanol–water partition coefficient (Wildman–Crippen LogP) is 4.83. The Bertz CT molecular complexity index is 861. The molecule has 0 amide bonds. The Kier molecular flexibility index (Phi) is 7.65. The van der Waals surface area contributed by atoms with Crippen molar-refractivity contribution in [3.05, 3.63) is 64.0 Å². The van der Waals surface area contributed by atoms with Gasteiger partial charge in [-0.2, -0.15) is 0 Å². The van der Waals surface area contributed by atoms with Gasteiger partial charge in [0.05, 0.1) is 3.57 Å². The van der Waals surface area contributed by atoms with Gasteiger partial charge in [0, 0.05) is 40.0 Å². The zero-order chi connectivity index (χ0) is 19.5. The Balaban J connectivity index is 0.000000251. The van der Waals surface area contributed by atoms with Gasteiger partial charge < -0.3 is 9.97 Å². The molecule has 0 saturated carbocycles. The van der Waals surface area contributed by atoms with E-state index >= 15 is 0 Å². The fourth-order valence-electron chi connectivity index (χ4n) is 2.30. The highest BCUT2D eigenvalue weighted by atomic mass is 127. The summed E-state index contributed by atoms with van der Waals surface area (Å²) in [6.07, 6.45) is 0. The van der Waals surface area contributed by atoms with Crippen molar-refractivity contribution in [3.8, 4) is 0 Å². The van der Waals surface area contributed by atoms with Crippen LogP contribution in [0.2, 0.25) is 0 Å². The van der Waals surface area contributed by atoms with E-state index in [1.165, 1.54) is 0 Å². The highest BCUT2D eigenvalue weighted by Crippen LogP contribution is 2.17. The molecule has 2 N–H and O–H groups in total. The van der Waals surface area contributed by atoms with Crippen LogP contribution in [0.3, 0.4) is 0 Å². The number of H-pyrrole nitrogens is 2. The first-order valence-electron chi connectivity index (χ1n) is 8.56. The molecule has 0 radical (unpaired) electrons. The first-order chi connectivity index (χ1) is 11.5. The molecule has 138 valence electrons. The highest BCUT2D eigenvalue weighted by Gasteiger charge is 2.11. The summed E-state index contributed by atoms with van der Waals surface area (Å²) in [6, 6.07) is 1.69. The second-order valence-electron chi connectivity index (χ2n) is 7.08. The Hall–Kier alpha value is -1.37. The number of hydrogen-bond donors (Lipinski definition) is 2. The summed E-state index contributed by atoms with van der Waals surface area (Å²) in [5.74, 6) is 0.760. The van der Waals surface area contributed by atoms with Crippen molar-refractivity contribution < 1.29 is 0 Å². The Labute approximate surface area is 163 Å². The molecule has 0 unspecified atom stereocenters. The summed E-state index contributed by atoms with van der Waals surface area (Å²) < 4.78 is 0.829. The van der Waals surface area contributed by atoms with Crippen LogP contribution in [0.15, 0.2) is 15.7 Å². The van der Waals surface area contributed by atoms with Crippen LogP contribution in [-0.4, -0.2) is 9.97 Å². The van der Waals surface area contributed by atoms with Gasteiger partial charge in [0.1, 0.15) is 0 Å². The average molecular weight is 456 g/mol. The molecular formula is C20H29IN2O2. The maximum Gasteiger partial charge on any atom is 0.198 e. The molecule has 0 aliphatic rings. The quantitative estimate of drug-likeness (QED) is 0.636. The lowest BCUT2D eigenvalue weighted by Crippen LogP contribution is -2.16. The minimum atomic E-state index is 0.134. The summed E-state index contributed by atoms with van der Waals surface area (Å²) in [5.41, 5.74) is 5.97. The Morgan fingerprint density at radius 2 is 1.36 bits per heavy atom. The van der Waals surface area contributed by atoms with Crippen LogP contribution in [0.4, 0.5) is 0 Å². The maximum absolute atomic E-state index is 11.7. The van der Waals surface area contributed by atoms with E-state index in [-0.39, 0.29) is 10.9 Å². The number of aromatic nitrogens is 2. The lowest BCUT2D eigenvalue weighted by atomic mass is 10.1. The third-order valence-corrected chi connectivity index (χ3v) is 5.48. The molecule has 0 fully saturated rings. The smallest absolute Gasteiger partial charge is 0.198 e. The van der Waals surface area contributed by atoms with Gasteiger partial charge in [0.2, 0.25) is 0 Å². The average Bonchev–Trinajstić information content (AvgIpc) is 2.53. The molecule has 2 rings (SSSR count). The zero-order valence-electron chi connectivity index (χ0n) is 16.4. The molecule has 0 aliphatic carbocycles. The van der Waals surface area contributed by atoms with Crippen molar-refractivity contribution in [3.63, 3.8) is 0 Å². The molecule has 0 aliphatic heterocycles. The van der Waals surface area contributed by atoms with E-state index in [0.717, 1.165) is 37.5 Å². The SMILES string of the molecule is Cc1[nH]c(C(C)C)c(I)c(=O)c1C.Cc1[nH]c(C(C)C)cc(=O)c1C. The summed E-state index contributed by atoms with van der Waals surface area (Å²) >= 11 is 2.12. The second kappa shape index (κ2) is 8.83. The van der Waals surface area contributed by atoms with Crippen LogP contribution in [0, 0.1) is 31.3 Å². The number of hydrogen-bond acceptors (Lipinski definition) is 2. The van der Waals surface area contributed by atoms with E-state index in [9.17, 15) is 9.59 Å². The van der Waals surface area contributed by atoms with Crippen LogP contribution in [-0.2, 0) is 0 Å². The van der Waals surface area contributed by atoms with Gasteiger partial charge in [-0.1, -0.05) is 27.7 Å². The predicted molar refractivity (Wildman–Crippen MR) is 114 cm³/mol. The largest absolute Gasteiger partial charge is 0.362 e. The molecule has 0 spiro atoms. The standard InChI is InChI=1S/C10H14INO.C10H15NO/c1-5(2)9-8(11)10(13)6(3)7(4)12-9;1-6(2)9-5-10(12)7(3)8(4)11-9/h5H,1-4H3,(H,12,13);5-6H,1-4H3,(H,11,12). The van der Waals surface area contributed by atoms with E-state index in [0.29, 0.717) is 11.8 Å². The van der Waals surface area contributed by atoms with Crippen molar-refractivity contribution in [2.75, 3.05) is 0 Å². The second-order valence-corrected chi connectivity index (χ2v) is 8.16. The summed E-state index contributed by atoms with van der Waals surface area (Å²) in [4.78, 5) is 29.5. The Morgan fingerprint density at radius 1 is 0.840 bits per heavy atom. The van der Waals surface area contributed by atoms with Crippen molar-refractivity contribution >= 4 is 22.6 Å². The number of aromatic amines is 2. The van der Waals surface area contributed by atoms with Crippen LogP contribution >= 0.6 is 22.6 Å². The van der Waals surface area contributed by atoms with Crippen LogP contribution in [0.1, 0.15) is 73.4 Å². The molecule has 25 heavy (non-hydrogen) atoms. The van der Waals surface area contributed by atoms with E-state index < -0.39 is 0 Å². The maximum atomic E-state index is 11.7. The molecule has 2 aromatic heterocycles. The van der Waals surface area contributed by atoms with E-state index in [1.807, 2.05) is 27.7 Å². The summed E-state index contributed by atoms with van der Waals surface area (Å²) in [6.45, 7) is 15.9. The van der Waals surface area contributed by atoms with Gasteiger partial charge in [-0.3, -0.25) is 9.59 Å². The van der Waals surface area contributed by atoms with Crippen LogP contribution in [0.25, 0.3) is 0 Å². The third kappa shape index (κ3) is 5.30. The molecule has 2 aromatic rings. The Morgan fingerprint density at radius 3 is 1.80 bits per heavy atom. The van der Waals surface area contributed by atoms with E-state index in [1.54, 1.807) is 6.07 Å². The molecule has 0 aromatic carbocycles. The summed E-state index contributed by atoms with van der Waals surface area (Å²) in [5, 5.41) is 0. The van der Waals surface area contributed by atoms with Crippen molar-refractivity contribution in [2.24, 2.45) is 0 Å². The monoisotopic (exact) mass is 456 g/mol. The normalized spacial score (nSPS) is 10.8. The number of aryl methyl sites for hydroxylation is 2. The minimum absolute atomic E-state index is 0.134. The van der Waals surface area contributed by atoms with Crippen molar-refractivity contribution in [2.45, 2.75) is 67.2 Å². The fourth-order valence-corrected chi connectivity index (χ4v) is 3.46. The number of halogens is 1. The van der Waals surface area contributed by atoms with Crippen molar-refractivity contribution in [1.29, 1.82) is 0 Å². The molecule has 0 saturated heterocycles. The fraction of sp³-hybridized carbons (Fsp3) is 0.500. The van der Waals surface area contributed by atoms with Gasteiger partial charge in [-0.25, -0.2) is 0 Å². The zero-order valence-corrected chi connectivity index (χ0v) is 18.6. The van der Waals surface area contributed by atoms with Crippen molar-refractivity contribution in [1.82, 2.24) is 9.97 Å². The highest BCUT2D eigenvalue weighted by molar-refractivity contribution is 14.1. The number of rotatable bonds is 2. The number of nitrogens with one attached hydrogen (secondary N) is 2. The molecule has 4 nitrogen and oxygen atoms in total. The number of pyridine rings is 2. The minimum Gasteiger partial charge on any atom is -0.362 e. The van der Waals surface area contributed by atoms with Gasteiger partial charge >= 0.3 is 0 Å². The van der Waals surface area contributed by atoms with Gasteiger partial charge in [-0.15, -0.1) is 0 Å². The van der Waals surface area contributed by atoms with Crippen LogP contribution < -0.4 is 10.9 Å². The molecule has 0 atom stereocenters. The molecule has 0 bridgehead atoms. The lowest BCUT2D eigenvalue weighted by molar-refractivity contribution is 0.801. The van der Waals surface area contributed by atoms with E-state index in [2.05, 4.69) is 60.3 Å². The summed E-state index contributed by atoms with van der Waals surface area (Å²) in [7, 11) is 0. The molecular weight excluding hydrogens is 427 g/mol. The van der Waals surface area contributed by atoms with Gasteiger partial charge in [0.25, 0.3) is 0 Å². The topological polar surface area (TPSA) is 65.7 Å².